The van der Waals surface area contributed by atoms with Crippen molar-refractivity contribution in [1.82, 2.24) is 15.1 Å². The highest BCUT2D eigenvalue weighted by atomic mass is 32.1. The second kappa shape index (κ2) is 5.97. The first-order valence-electron chi connectivity index (χ1n) is 7.31. The Morgan fingerprint density at radius 3 is 2.76 bits per heavy atom. The third-order valence-corrected chi connectivity index (χ3v) is 4.92. The van der Waals surface area contributed by atoms with Crippen molar-refractivity contribution in [1.29, 1.82) is 0 Å². The maximum atomic E-state index is 12.0. The van der Waals surface area contributed by atoms with Crippen LogP contribution in [0.1, 0.15) is 37.6 Å². The normalized spacial score (nSPS) is 16.6. The summed E-state index contributed by atoms with van der Waals surface area (Å²) >= 11 is 1.59. The van der Waals surface area contributed by atoms with Gasteiger partial charge in [-0.25, -0.2) is 0 Å². The fourth-order valence-corrected chi connectivity index (χ4v) is 3.59. The van der Waals surface area contributed by atoms with Gasteiger partial charge >= 0.3 is 0 Å². The van der Waals surface area contributed by atoms with Crippen LogP contribution in [0.2, 0.25) is 0 Å². The van der Waals surface area contributed by atoms with Crippen molar-refractivity contribution >= 4 is 17.2 Å². The highest BCUT2D eigenvalue weighted by Crippen LogP contribution is 2.33. The predicted octanol–water partition coefficient (Wildman–Crippen LogP) is 3.16. The summed E-state index contributed by atoms with van der Waals surface area (Å²) in [6, 6.07) is 3.75. The van der Waals surface area contributed by atoms with Crippen molar-refractivity contribution in [3.8, 4) is 10.8 Å². The van der Waals surface area contributed by atoms with E-state index in [1.54, 1.807) is 17.6 Å². The Hall–Kier alpha value is -1.69. The highest BCUT2D eigenvalue weighted by Gasteiger charge is 2.27. The van der Waals surface area contributed by atoms with Crippen molar-refractivity contribution < 1.29 is 9.21 Å². The molecule has 2 aromatic heterocycles. The Bertz CT molecular complexity index is 598. The Labute approximate surface area is 128 Å². The van der Waals surface area contributed by atoms with Crippen LogP contribution in [-0.4, -0.2) is 34.1 Å². The number of hydrogen-bond donors (Lipinski definition) is 0. The van der Waals surface area contributed by atoms with Gasteiger partial charge in [0, 0.05) is 24.9 Å². The summed E-state index contributed by atoms with van der Waals surface area (Å²) in [5.41, 5.74) is 0. The molecule has 0 aromatic carbocycles. The van der Waals surface area contributed by atoms with Gasteiger partial charge in [-0.05, 0) is 25.0 Å². The first kappa shape index (κ1) is 14.3. The largest absolute Gasteiger partial charge is 0.462 e. The third kappa shape index (κ3) is 3.00. The van der Waals surface area contributed by atoms with Crippen LogP contribution in [0.5, 0.6) is 0 Å². The minimum Gasteiger partial charge on any atom is -0.462 e. The Morgan fingerprint density at radius 2 is 2.14 bits per heavy atom. The van der Waals surface area contributed by atoms with Crippen molar-refractivity contribution in [2.45, 2.75) is 32.6 Å². The second-order valence-electron chi connectivity index (χ2n) is 5.68. The number of carbonyl (C=O) groups excluding carboxylic acids is 1. The van der Waals surface area contributed by atoms with E-state index in [1.807, 2.05) is 30.9 Å². The lowest BCUT2D eigenvalue weighted by Gasteiger charge is -2.32. The molecule has 1 fully saturated rings. The molecule has 21 heavy (non-hydrogen) atoms. The van der Waals surface area contributed by atoms with Crippen LogP contribution in [0.25, 0.3) is 10.8 Å². The van der Waals surface area contributed by atoms with Gasteiger partial charge in [-0.1, -0.05) is 25.2 Å². The zero-order valence-electron chi connectivity index (χ0n) is 12.3. The molecule has 3 heterocycles. The van der Waals surface area contributed by atoms with Gasteiger partial charge in [0.2, 0.25) is 5.91 Å². The average molecular weight is 305 g/mol. The van der Waals surface area contributed by atoms with Crippen molar-refractivity contribution in [3.05, 3.63) is 23.4 Å². The summed E-state index contributed by atoms with van der Waals surface area (Å²) < 4.78 is 5.35. The predicted molar refractivity (Wildman–Crippen MR) is 81.0 cm³/mol. The first-order chi connectivity index (χ1) is 10.1. The molecule has 1 amide bonds. The summed E-state index contributed by atoms with van der Waals surface area (Å²) in [6.45, 7) is 5.54. The van der Waals surface area contributed by atoms with Gasteiger partial charge in [0.1, 0.15) is 5.01 Å². The Balaban J connectivity index is 1.64. The second-order valence-corrected chi connectivity index (χ2v) is 6.69. The van der Waals surface area contributed by atoms with Gasteiger partial charge < -0.3 is 9.32 Å². The van der Waals surface area contributed by atoms with Gasteiger partial charge in [-0.2, -0.15) is 0 Å². The van der Waals surface area contributed by atoms with Crippen LogP contribution < -0.4 is 0 Å². The van der Waals surface area contributed by atoms with E-state index < -0.39 is 0 Å². The maximum Gasteiger partial charge on any atom is 0.225 e. The number of aromatic nitrogens is 2. The van der Waals surface area contributed by atoms with E-state index in [2.05, 4.69) is 10.2 Å². The smallest absolute Gasteiger partial charge is 0.225 e. The number of piperidine rings is 1. The van der Waals surface area contributed by atoms with Crippen LogP contribution in [0.3, 0.4) is 0 Å². The van der Waals surface area contributed by atoms with Gasteiger partial charge in [0.15, 0.2) is 10.8 Å². The summed E-state index contributed by atoms with van der Waals surface area (Å²) in [4.78, 5) is 14.0. The molecule has 0 bridgehead atoms. The van der Waals surface area contributed by atoms with Crippen LogP contribution in [0.15, 0.2) is 22.8 Å². The molecule has 3 rings (SSSR count). The lowest BCUT2D eigenvalue weighted by atomic mass is 9.97. The van der Waals surface area contributed by atoms with Gasteiger partial charge in [0.05, 0.1) is 6.26 Å². The van der Waals surface area contributed by atoms with E-state index in [9.17, 15) is 4.79 Å². The molecule has 6 heteroatoms. The van der Waals surface area contributed by atoms with E-state index in [0.29, 0.717) is 5.92 Å². The quantitative estimate of drug-likeness (QED) is 0.874. The fourth-order valence-electron chi connectivity index (χ4n) is 2.61. The lowest BCUT2D eigenvalue weighted by molar-refractivity contribution is -0.135. The van der Waals surface area contributed by atoms with Crippen LogP contribution in [0.4, 0.5) is 0 Å². The molecule has 112 valence electrons. The molecule has 0 aliphatic carbocycles. The van der Waals surface area contributed by atoms with Crippen molar-refractivity contribution in [2.24, 2.45) is 5.92 Å². The summed E-state index contributed by atoms with van der Waals surface area (Å²) in [7, 11) is 0. The van der Waals surface area contributed by atoms with Gasteiger partial charge in [0.25, 0.3) is 0 Å². The van der Waals surface area contributed by atoms with Gasteiger partial charge in [-0.3, -0.25) is 4.79 Å². The molecular formula is C15H19N3O2S. The summed E-state index contributed by atoms with van der Waals surface area (Å²) in [6.07, 6.45) is 3.57. The van der Waals surface area contributed by atoms with E-state index in [4.69, 9.17) is 4.42 Å². The third-order valence-electron chi connectivity index (χ3n) is 3.82. The highest BCUT2D eigenvalue weighted by molar-refractivity contribution is 7.14. The minimum atomic E-state index is 0.0774. The van der Waals surface area contributed by atoms with Crippen LogP contribution in [-0.2, 0) is 4.79 Å². The number of carbonyl (C=O) groups is 1. The fraction of sp³-hybridized carbons (Fsp3) is 0.533. The molecule has 0 N–H and O–H groups in total. The zero-order valence-corrected chi connectivity index (χ0v) is 13.1. The molecule has 0 atom stereocenters. The van der Waals surface area contributed by atoms with Crippen molar-refractivity contribution in [2.75, 3.05) is 13.1 Å². The van der Waals surface area contributed by atoms with E-state index in [-0.39, 0.29) is 11.8 Å². The van der Waals surface area contributed by atoms with E-state index >= 15 is 0 Å². The summed E-state index contributed by atoms with van der Waals surface area (Å²) in [5, 5.41) is 10.4. The van der Waals surface area contributed by atoms with Crippen LogP contribution in [0, 0.1) is 5.92 Å². The number of furan rings is 1. The Kier molecular flexibility index (Phi) is 4.05. The monoisotopic (exact) mass is 305 g/mol. The number of nitrogens with zero attached hydrogens (tertiary/aromatic N) is 3. The summed E-state index contributed by atoms with van der Waals surface area (Å²) in [5.74, 6) is 1.50. The molecule has 0 saturated carbocycles. The average Bonchev–Trinajstić information content (AvgIpc) is 3.17. The number of hydrogen-bond acceptors (Lipinski definition) is 5. The lowest BCUT2D eigenvalue weighted by Crippen LogP contribution is -2.40. The molecule has 0 unspecified atom stereocenters. The molecule has 0 spiro atoms. The molecule has 0 radical (unpaired) electrons. The molecule has 2 aromatic rings. The standard InChI is InChI=1S/C15H19N3O2S/c1-10(2)15(19)18-7-5-11(6-8-18)13-16-17-14(21-13)12-4-3-9-20-12/h3-4,9-11H,5-8H2,1-2H3. The molecule has 1 aliphatic rings. The molecule has 1 saturated heterocycles. The van der Waals surface area contributed by atoms with Crippen molar-refractivity contribution in [3.63, 3.8) is 0 Å². The minimum absolute atomic E-state index is 0.0774. The molecule has 5 nitrogen and oxygen atoms in total. The zero-order chi connectivity index (χ0) is 14.8. The maximum absolute atomic E-state index is 12.0. The van der Waals surface area contributed by atoms with Gasteiger partial charge in [-0.15, -0.1) is 10.2 Å². The molecule has 1 aliphatic heterocycles. The number of amides is 1. The number of rotatable bonds is 3. The first-order valence-corrected chi connectivity index (χ1v) is 8.13. The van der Waals surface area contributed by atoms with Crippen LogP contribution >= 0.6 is 11.3 Å². The topological polar surface area (TPSA) is 59.2 Å². The van der Waals surface area contributed by atoms with E-state index in [0.717, 1.165) is 41.7 Å². The molecular weight excluding hydrogens is 286 g/mol. The van der Waals surface area contributed by atoms with E-state index in [1.165, 1.54) is 0 Å². The SMILES string of the molecule is CC(C)C(=O)N1CCC(c2nnc(-c3ccco3)s2)CC1. The Morgan fingerprint density at radius 1 is 1.38 bits per heavy atom. The number of likely N-dealkylation sites (tertiary alicyclic amines) is 1.